The van der Waals surface area contributed by atoms with E-state index in [2.05, 4.69) is 10.3 Å². The summed E-state index contributed by atoms with van der Waals surface area (Å²) in [5.74, 6) is 1.45. The number of esters is 1. The van der Waals surface area contributed by atoms with Crippen LogP contribution in [-0.2, 0) is 14.3 Å². The summed E-state index contributed by atoms with van der Waals surface area (Å²) < 4.78 is 5.39. The highest BCUT2D eigenvalue weighted by Gasteiger charge is 2.55. The molecule has 0 spiro atoms. The zero-order valence-electron chi connectivity index (χ0n) is 13.5. The molecule has 4 aliphatic carbocycles. The minimum Gasteiger partial charge on any atom is -0.455 e. The minimum atomic E-state index is -0.386. The first kappa shape index (κ1) is 15.9. The van der Waals surface area contributed by atoms with E-state index in [-0.39, 0.29) is 29.1 Å². The smallest absolute Gasteiger partial charge is 0.312 e. The lowest BCUT2D eigenvalue weighted by molar-refractivity contribution is -0.172. The van der Waals surface area contributed by atoms with Gasteiger partial charge in [0.15, 0.2) is 11.8 Å². The predicted molar refractivity (Wildman–Crippen MR) is 89.4 cm³/mol. The minimum absolute atomic E-state index is 0.186. The van der Waals surface area contributed by atoms with Crippen molar-refractivity contribution in [3.05, 3.63) is 23.5 Å². The van der Waals surface area contributed by atoms with E-state index in [9.17, 15) is 9.59 Å². The summed E-state index contributed by atoms with van der Waals surface area (Å²) in [6.45, 7) is -0.272. The summed E-state index contributed by atoms with van der Waals surface area (Å²) >= 11 is 5.91. The van der Waals surface area contributed by atoms with Gasteiger partial charge in [0.2, 0.25) is 0 Å². The Hall–Kier alpha value is -1.62. The van der Waals surface area contributed by atoms with Crippen LogP contribution in [-0.4, -0.2) is 23.5 Å². The third-order valence-electron chi connectivity index (χ3n) is 5.84. The van der Waals surface area contributed by atoms with Crippen LogP contribution in [0.15, 0.2) is 18.3 Å². The Bertz CT molecular complexity index is 641. The summed E-state index contributed by atoms with van der Waals surface area (Å²) in [5.41, 5.74) is 0.0936. The molecule has 5 nitrogen and oxygen atoms in total. The van der Waals surface area contributed by atoms with Gasteiger partial charge in [0.1, 0.15) is 0 Å². The molecule has 0 radical (unpaired) electrons. The third kappa shape index (κ3) is 2.90. The molecule has 0 aromatic carbocycles. The average molecular weight is 349 g/mol. The molecule has 24 heavy (non-hydrogen) atoms. The van der Waals surface area contributed by atoms with Gasteiger partial charge in [-0.2, -0.15) is 0 Å². The molecule has 0 atom stereocenters. The van der Waals surface area contributed by atoms with E-state index in [0.29, 0.717) is 23.4 Å². The fourth-order valence-electron chi connectivity index (χ4n) is 5.31. The van der Waals surface area contributed by atoms with Gasteiger partial charge in [0, 0.05) is 6.20 Å². The highest BCUT2D eigenvalue weighted by Crippen LogP contribution is 2.60. The van der Waals surface area contributed by atoms with Crippen molar-refractivity contribution in [2.24, 2.45) is 23.2 Å². The molecule has 1 heterocycles. The van der Waals surface area contributed by atoms with Crippen molar-refractivity contribution < 1.29 is 14.3 Å². The van der Waals surface area contributed by atoms with Crippen LogP contribution in [0.1, 0.15) is 38.5 Å². The van der Waals surface area contributed by atoms with Crippen LogP contribution >= 0.6 is 11.6 Å². The van der Waals surface area contributed by atoms with E-state index in [0.717, 1.165) is 19.3 Å². The van der Waals surface area contributed by atoms with E-state index >= 15 is 0 Å². The zero-order valence-corrected chi connectivity index (χ0v) is 14.2. The molecule has 0 unspecified atom stereocenters. The van der Waals surface area contributed by atoms with Crippen molar-refractivity contribution in [1.29, 1.82) is 0 Å². The number of nitrogens with zero attached hydrogens (tertiary/aromatic N) is 1. The monoisotopic (exact) mass is 348 g/mol. The van der Waals surface area contributed by atoms with Crippen molar-refractivity contribution in [2.75, 3.05) is 11.9 Å². The average Bonchev–Trinajstić information content (AvgIpc) is 2.53. The number of hydrogen-bond acceptors (Lipinski definition) is 4. The summed E-state index contributed by atoms with van der Waals surface area (Å²) in [5, 5.41) is 2.85. The Labute approximate surface area is 146 Å². The van der Waals surface area contributed by atoms with Gasteiger partial charge in [0.25, 0.3) is 5.91 Å². The van der Waals surface area contributed by atoms with Crippen molar-refractivity contribution in [1.82, 2.24) is 4.98 Å². The number of carbonyl (C=O) groups excluding carboxylic acids is 2. The molecule has 1 amide bonds. The summed E-state index contributed by atoms with van der Waals surface area (Å²) in [7, 11) is 0. The maximum Gasteiger partial charge on any atom is 0.312 e. The number of carbonyl (C=O) groups is 2. The van der Waals surface area contributed by atoms with Crippen LogP contribution in [0.2, 0.25) is 5.15 Å². The van der Waals surface area contributed by atoms with Gasteiger partial charge in [-0.1, -0.05) is 11.6 Å². The summed E-state index contributed by atoms with van der Waals surface area (Å²) in [6, 6.07) is 3.34. The van der Waals surface area contributed by atoms with Gasteiger partial charge in [-0.25, -0.2) is 4.98 Å². The number of halogens is 1. The lowest BCUT2D eigenvalue weighted by Crippen LogP contribution is -2.50. The van der Waals surface area contributed by atoms with E-state index in [1.54, 1.807) is 18.3 Å². The van der Waals surface area contributed by atoms with Crippen LogP contribution in [0, 0.1) is 23.2 Å². The van der Waals surface area contributed by atoms with Crippen LogP contribution in [0.5, 0.6) is 0 Å². The molecule has 0 saturated heterocycles. The second kappa shape index (κ2) is 6.03. The van der Waals surface area contributed by atoms with Crippen LogP contribution in [0.25, 0.3) is 0 Å². The van der Waals surface area contributed by atoms with Gasteiger partial charge in [-0.15, -0.1) is 0 Å². The van der Waals surface area contributed by atoms with Crippen molar-refractivity contribution in [2.45, 2.75) is 38.5 Å². The fourth-order valence-corrected chi connectivity index (χ4v) is 5.48. The van der Waals surface area contributed by atoms with Gasteiger partial charge >= 0.3 is 5.97 Å². The molecule has 0 aliphatic heterocycles. The fraction of sp³-hybridized carbons (Fsp3) is 0.611. The Kier molecular flexibility index (Phi) is 3.99. The molecule has 1 aromatic heterocycles. The lowest BCUT2D eigenvalue weighted by atomic mass is 9.49. The molecule has 1 aromatic rings. The topological polar surface area (TPSA) is 68.3 Å². The van der Waals surface area contributed by atoms with E-state index in [1.165, 1.54) is 19.3 Å². The first-order valence-corrected chi connectivity index (χ1v) is 8.99. The second-order valence-corrected chi connectivity index (χ2v) is 8.02. The number of hydrogen-bond donors (Lipinski definition) is 1. The van der Waals surface area contributed by atoms with Gasteiger partial charge in [0.05, 0.1) is 11.1 Å². The molecule has 4 bridgehead atoms. The highest BCUT2D eigenvalue weighted by atomic mass is 35.5. The Balaban J connectivity index is 1.35. The highest BCUT2D eigenvalue weighted by molar-refractivity contribution is 6.32. The first-order valence-electron chi connectivity index (χ1n) is 8.62. The molecule has 128 valence electrons. The number of rotatable bonds is 4. The molecular formula is C18H21ClN2O3. The molecule has 4 fully saturated rings. The van der Waals surface area contributed by atoms with Crippen molar-refractivity contribution >= 4 is 29.2 Å². The molecular weight excluding hydrogens is 328 g/mol. The number of ether oxygens (including phenoxy) is 1. The Morgan fingerprint density at radius 1 is 1.21 bits per heavy atom. The number of aromatic nitrogens is 1. The van der Waals surface area contributed by atoms with E-state index in [1.807, 2.05) is 0 Å². The van der Waals surface area contributed by atoms with Gasteiger partial charge < -0.3 is 10.1 Å². The predicted octanol–water partition coefficient (Wildman–Crippen LogP) is 3.43. The standard InChI is InChI=1S/C18H21ClN2O3/c19-16-14(2-1-3-20-16)21-15(22)10-24-17(23)18-7-11-4-12(8-18)6-13(5-11)9-18/h1-3,11-13H,4-10H2,(H,21,22). The maximum atomic E-state index is 12.7. The molecule has 6 heteroatoms. The van der Waals surface area contributed by atoms with Gasteiger partial charge in [-0.05, 0) is 68.4 Å². The molecule has 1 N–H and O–H groups in total. The lowest BCUT2D eigenvalue weighted by Gasteiger charge is -2.55. The van der Waals surface area contributed by atoms with Gasteiger partial charge in [-0.3, -0.25) is 9.59 Å². The number of anilines is 1. The second-order valence-electron chi connectivity index (χ2n) is 7.66. The molecule has 4 saturated carbocycles. The molecule has 4 aliphatic rings. The zero-order chi connectivity index (χ0) is 16.7. The van der Waals surface area contributed by atoms with Crippen LogP contribution in [0.4, 0.5) is 5.69 Å². The number of pyridine rings is 1. The quantitative estimate of drug-likeness (QED) is 0.668. The largest absolute Gasteiger partial charge is 0.455 e. The van der Waals surface area contributed by atoms with Crippen LogP contribution in [0.3, 0.4) is 0 Å². The SMILES string of the molecule is O=C(COC(=O)C12CC3CC(CC(C3)C1)C2)Nc1cccnc1Cl. The molecule has 5 rings (SSSR count). The van der Waals surface area contributed by atoms with Crippen molar-refractivity contribution in [3.8, 4) is 0 Å². The van der Waals surface area contributed by atoms with Crippen molar-refractivity contribution in [3.63, 3.8) is 0 Å². The third-order valence-corrected chi connectivity index (χ3v) is 6.14. The maximum absolute atomic E-state index is 12.7. The Morgan fingerprint density at radius 2 is 1.83 bits per heavy atom. The Morgan fingerprint density at radius 3 is 2.42 bits per heavy atom. The van der Waals surface area contributed by atoms with E-state index in [4.69, 9.17) is 16.3 Å². The summed E-state index contributed by atoms with van der Waals surface area (Å²) in [6.07, 6.45) is 8.17. The van der Waals surface area contributed by atoms with Crippen LogP contribution < -0.4 is 5.32 Å². The number of amides is 1. The summed E-state index contributed by atoms with van der Waals surface area (Å²) in [4.78, 5) is 28.6. The normalized spacial score (nSPS) is 33.3. The first-order chi connectivity index (χ1) is 11.5. The number of nitrogens with one attached hydrogen (secondary N) is 1. The van der Waals surface area contributed by atoms with E-state index < -0.39 is 0 Å².